The molecule has 8 heteroatoms. The Bertz CT molecular complexity index is 1000. The highest BCUT2D eigenvalue weighted by Crippen LogP contribution is 2.39. The maximum absolute atomic E-state index is 12.9. The number of hydrogen-bond acceptors (Lipinski definition) is 4. The van der Waals surface area contributed by atoms with Crippen LogP contribution in [0.2, 0.25) is 0 Å². The van der Waals surface area contributed by atoms with Crippen molar-refractivity contribution in [1.82, 2.24) is 14.0 Å². The summed E-state index contributed by atoms with van der Waals surface area (Å²) in [6.45, 7) is 5.01. The molecule has 5 rings (SSSR count). The lowest BCUT2D eigenvalue weighted by Crippen LogP contribution is -2.59. The van der Waals surface area contributed by atoms with Gasteiger partial charge in [0.25, 0.3) is 0 Å². The molecule has 0 saturated carbocycles. The van der Waals surface area contributed by atoms with Crippen molar-refractivity contribution in [3.8, 4) is 0 Å². The fourth-order valence-corrected chi connectivity index (χ4v) is 5.03. The monoisotopic (exact) mass is 399 g/mol. The van der Waals surface area contributed by atoms with E-state index in [4.69, 9.17) is 4.74 Å². The molecule has 156 valence electrons. The molecule has 2 aromatic rings. The molecule has 1 aromatic carbocycles. The quantitative estimate of drug-likeness (QED) is 0.840. The van der Waals surface area contributed by atoms with E-state index in [2.05, 4.69) is 16.3 Å². The maximum Gasteiger partial charge on any atom is 0.328 e. The van der Waals surface area contributed by atoms with Gasteiger partial charge in [-0.1, -0.05) is 0 Å². The number of nitrogens with one attached hydrogen (secondary N) is 1. The summed E-state index contributed by atoms with van der Waals surface area (Å²) in [7, 11) is 3.57. The zero-order valence-corrected chi connectivity index (χ0v) is 17.2. The molecular formula is C21H29N5O3. The summed E-state index contributed by atoms with van der Waals surface area (Å²) in [5, 5.41) is 3.14. The second kappa shape index (κ2) is 6.79. The lowest BCUT2D eigenvalue weighted by atomic mass is 9.79. The van der Waals surface area contributed by atoms with Crippen molar-refractivity contribution in [3.05, 3.63) is 22.6 Å². The van der Waals surface area contributed by atoms with Gasteiger partial charge in [0.2, 0.25) is 0 Å². The number of fused-ring (bicyclic) bond motifs is 1. The molecular weight excluding hydrogens is 370 g/mol. The second-order valence-electron chi connectivity index (χ2n) is 8.90. The number of likely N-dealkylation sites (tertiary alicyclic amines) is 1. The van der Waals surface area contributed by atoms with Crippen LogP contribution in [0.5, 0.6) is 0 Å². The number of piperidine rings is 1. The molecule has 0 radical (unpaired) electrons. The molecule has 2 amide bonds. The Balaban J connectivity index is 1.46. The number of carbonyl (C=O) groups excluding carboxylic acids is 1. The first kappa shape index (κ1) is 18.5. The Morgan fingerprint density at radius 2 is 1.76 bits per heavy atom. The maximum atomic E-state index is 12.9. The third-order valence-electron chi connectivity index (χ3n) is 6.85. The molecule has 3 aliphatic rings. The van der Waals surface area contributed by atoms with Crippen LogP contribution in [-0.2, 0) is 18.8 Å². The van der Waals surface area contributed by atoms with E-state index in [1.165, 1.54) is 6.42 Å². The van der Waals surface area contributed by atoms with Crippen molar-refractivity contribution in [3.63, 3.8) is 0 Å². The predicted octanol–water partition coefficient (Wildman–Crippen LogP) is 2.12. The minimum atomic E-state index is -0.0685. The van der Waals surface area contributed by atoms with E-state index in [9.17, 15) is 9.59 Å². The summed E-state index contributed by atoms with van der Waals surface area (Å²) in [4.78, 5) is 29.6. The van der Waals surface area contributed by atoms with Gasteiger partial charge in [0.15, 0.2) is 0 Å². The lowest BCUT2D eigenvalue weighted by Gasteiger charge is -2.47. The van der Waals surface area contributed by atoms with Crippen LogP contribution in [-0.4, -0.2) is 59.5 Å². The van der Waals surface area contributed by atoms with Crippen molar-refractivity contribution in [1.29, 1.82) is 0 Å². The van der Waals surface area contributed by atoms with Crippen LogP contribution in [0.15, 0.2) is 16.9 Å². The first-order valence-corrected chi connectivity index (χ1v) is 10.6. The fourth-order valence-electron chi connectivity index (χ4n) is 5.03. The summed E-state index contributed by atoms with van der Waals surface area (Å²) < 4.78 is 8.83. The highest BCUT2D eigenvalue weighted by molar-refractivity contribution is 5.98. The Kier molecular flexibility index (Phi) is 4.34. The number of anilines is 2. The number of amides is 2. The Morgan fingerprint density at radius 3 is 2.41 bits per heavy atom. The van der Waals surface area contributed by atoms with E-state index in [0.717, 1.165) is 81.1 Å². The number of urea groups is 1. The van der Waals surface area contributed by atoms with Crippen molar-refractivity contribution in [2.75, 3.05) is 49.6 Å². The SMILES string of the molecule is Cn1c(=O)n(C)c2cc(N3CCCCC3)c(NC(=O)N3CC4(CCOC4)C3)cc21. The molecule has 29 heavy (non-hydrogen) atoms. The van der Waals surface area contributed by atoms with Crippen molar-refractivity contribution < 1.29 is 9.53 Å². The number of aromatic nitrogens is 2. The summed E-state index contributed by atoms with van der Waals surface area (Å²) in [6, 6.07) is 3.94. The number of nitrogens with zero attached hydrogens (tertiary/aromatic N) is 4. The van der Waals surface area contributed by atoms with Gasteiger partial charge < -0.3 is 19.9 Å². The third kappa shape index (κ3) is 3.01. The fraction of sp³-hybridized carbons (Fsp3) is 0.619. The number of hydrogen-bond donors (Lipinski definition) is 1. The van der Waals surface area contributed by atoms with Crippen LogP contribution in [0.25, 0.3) is 11.0 Å². The van der Waals surface area contributed by atoms with E-state index in [0.29, 0.717) is 0 Å². The van der Waals surface area contributed by atoms with Gasteiger partial charge in [-0.15, -0.1) is 0 Å². The minimum absolute atomic E-state index is 0.0565. The van der Waals surface area contributed by atoms with Crippen LogP contribution >= 0.6 is 0 Å². The molecule has 0 unspecified atom stereocenters. The van der Waals surface area contributed by atoms with Crippen LogP contribution in [0.1, 0.15) is 25.7 Å². The van der Waals surface area contributed by atoms with Gasteiger partial charge in [0.05, 0.1) is 29.0 Å². The van der Waals surface area contributed by atoms with Gasteiger partial charge in [-0.3, -0.25) is 9.13 Å². The van der Waals surface area contributed by atoms with Crippen molar-refractivity contribution in [2.24, 2.45) is 19.5 Å². The number of benzene rings is 1. The largest absolute Gasteiger partial charge is 0.381 e. The van der Waals surface area contributed by atoms with E-state index in [1.807, 2.05) is 11.0 Å². The summed E-state index contributed by atoms with van der Waals surface area (Å²) >= 11 is 0. The van der Waals surface area contributed by atoms with Crippen LogP contribution in [0.3, 0.4) is 0 Å². The van der Waals surface area contributed by atoms with Crippen LogP contribution in [0.4, 0.5) is 16.2 Å². The molecule has 0 aliphatic carbocycles. The topological polar surface area (TPSA) is 71.7 Å². The van der Waals surface area contributed by atoms with Gasteiger partial charge in [-0.25, -0.2) is 9.59 Å². The normalized spacial score (nSPS) is 21.0. The van der Waals surface area contributed by atoms with E-state index in [-0.39, 0.29) is 17.1 Å². The number of rotatable bonds is 2. The number of carbonyl (C=O) groups is 1. The van der Waals surface area contributed by atoms with E-state index in [1.54, 1.807) is 23.2 Å². The third-order valence-corrected chi connectivity index (χ3v) is 6.85. The average Bonchev–Trinajstić information content (AvgIpc) is 3.28. The lowest BCUT2D eigenvalue weighted by molar-refractivity contribution is 0.0255. The summed E-state index contributed by atoms with van der Waals surface area (Å²) in [5.74, 6) is 0. The number of aryl methyl sites for hydroxylation is 2. The molecule has 3 saturated heterocycles. The van der Waals surface area contributed by atoms with Gasteiger partial charge in [-0.2, -0.15) is 0 Å². The molecule has 1 aromatic heterocycles. The minimum Gasteiger partial charge on any atom is -0.381 e. The van der Waals surface area contributed by atoms with Gasteiger partial charge in [0, 0.05) is 52.3 Å². The summed E-state index contributed by atoms with van der Waals surface area (Å²) in [6.07, 6.45) is 4.57. The van der Waals surface area contributed by atoms with Crippen LogP contribution in [0, 0.1) is 5.41 Å². The zero-order valence-electron chi connectivity index (χ0n) is 17.2. The van der Waals surface area contributed by atoms with Gasteiger partial charge >= 0.3 is 11.7 Å². The van der Waals surface area contributed by atoms with E-state index < -0.39 is 0 Å². The predicted molar refractivity (Wildman–Crippen MR) is 113 cm³/mol. The van der Waals surface area contributed by atoms with E-state index >= 15 is 0 Å². The van der Waals surface area contributed by atoms with Gasteiger partial charge in [-0.05, 0) is 37.8 Å². The first-order valence-electron chi connectivity index (χ1n) is 10.6. The standard InChI is InChI=1S/C21H29N5O3/c1-23-17-10-15(22-19(27)26-12-21(13-26)6-9-29-14-21)16(25-7-4-3-5-8-25)11-18(17)24(2)20(23)28/h10-11H,3-9,12-14H2,1-2H3,(H,22,27). The molecule has 4 heterocycles. The molecule has 0 bridgehead atoms. The summed E-state index contributed by atoms with van der Waals surface area (Å²) in [5.41, 5.74) is 3.62. The van der Waals surface area contributed by atoms with Gasteiger partial charge in [0.1, 0.15) is 0 Å². The van der Waals surface area contributed by atoms with Crippen molar-refractivity contribution >= 4 is 28.4 Å². The molecule has 3 aliphatic heterocycles. The van der Waals surface area contributed by atoms with Crippen LogP contribution < -0.4 is 15.9 Å². The Labute approximate surface area is 170 Å². The molecule has 0 atom stereocenters. The smallest absolute Gasteiger partial charge is 0.328 e. The zero-order chi connectivity index (χ0) is 20.2. The highest BCUT2D eigenvalue weighted by Gasteiger charge is 2.47. The number of imidazole rings is 1. The molecule has 8 nitrogen and oxygen atoms in total. The molecule has 3 fully saturated rings. The second-order valence-corrected chi connectivity index (χ2v) is 8.90. The Hall–Kier alpha value is -2.48. The average molecular weight is 399 g/mol. The first-order chi connectivity index (χ1) is 14.0. The Morgan fingerprint density at radius 1 is 1.07 bits per heavy atom. The van der Waals surface area contributed by atoms with Crippen molar-refractivity contribution in [2.45, 2.75) is 25.7 Å². The highest BCUT2D eigenvalue weighted by atomic mass is 16.5. The molecule has 1 spiro atoms. The number of ether oxygens (including phenoxy) is 1. The molecule has 1 N–H and O–H groups in total.